The standard InChI is InChI=1S/C33H41N5O5S/c1-35-16-17-38-24-13-14-25(38)20-37(19-24)30(39)21-43-29-11-7-6-10-27(29)32-31(22-8-4-3-5-9-22)26-15-12-23(18-28(26)36(32)2)33(40)34-44(35,41)42/h6-7,10-12,15,18,22,24-25H,3-5,8-9,13-14,16-17,19-21H2,1-2H3,(H,34,40). The zero-order valence-electron chi connectivity index (χ0n) is 25.5. The van der Waals surface area contributed by atoms with Gasteiger partial charge in [0.2, 0.25) is 0 Å². The maximum Gasteiger partial charge on any atom is 0.303 e. The minimum absolute atomic E-state index is 0.0256. The van der Waals surface area contributed by atoms with Crippen molar-refractivity contribution in [2.75, 3.05) is 39.8 Å². The number of nitrogens with zero attached hydrogens (tertiary/aromatic N) is 4. The number of aryl methyl sites for hydroxylation is 1. The average molecular weight is 620 g/mol. The molecule has 8 rings (SSSR count). The summed E-state index contributed by atoms with van der Waals surface area (Å²) in [6.45, 7) is 1.95. The number of para-hydroxylation sites is 1. The fraction of sp³-hybridized carbons (Fsp3) is 0.515. The summed E-state index contributed by atoms with van der Waals surface area (Å²) in [4.78, 5) is 31.1. The van der Waals surface area contributed by atoms with Crippen LogP contribution in [0.5, 0.6) is 5.75 Å². The van der Waals surface area contributed by atoms with Gasteiger partial charge in [0, 0.05) is 74.4 Å². The van der Waals surface area contributed by atoms with Crippen molar-refractivity contribution in [3.8, 4) is 17.0 Å². The van der Waals surface area contributed by atoms with Crippen LogP contribution in [0.25, 0.3) is 22.2 Å². The molecule has 44 heavy (non-hydrogen) atoms. The smallest absolute Gasteiger partial charge is 0.303 e. The Morgan fingerprint density at radius 3 is 2.36 bits per heavy atom. The van der Waals surface area contributed by atoms with Crippen molar-refractivity contribution < 1.29 is 22.7 Å². The third-order valence-corrected chi connectivity index (χ3v) is 11.7. The maximum atomic E-state index is 13.5. The van der Waals surface area contributed by atoms with Gasteiger partial charge in [-0.3, -0.25) is 14.5 Å². The number of piperazine rings is 1. The van der Waals surface area contributed by atoms with E-state index >= 15 is 0 Å². The molecule has 3 aromatic rings. The van der Waals surface area contributed by atoms with E-state index in [0.29, 0.717) is 31.3 Å². The second-order valence-corrected chi connectivity index (χ2v) is 14.6. The zero-order chi connectivity index (χ0) is 30.6. The van der Waals surface area contributed by atoms with Gasteiger partial charge in [0.05, 0.1) is 5.69 Å². The largest absolute Gasteiger partial charge is 0.483 e. The molecule has 10 nitrogen and oxygen atoms in total. The molecule has 2 amide bonds. The molecule has 5 aliphatic rings. The van der Waals surface area contributed by atoms with Gasteiger partial charge in [-0.25, -0.2) is 4.72 Å². The number of carbonyl (C=O) groups is 2. The molecule has 4 aliphatic heterocycles. The number of amides is 2. The van der Waals surface area contributed by atoms with E-state index in [1.165, 1.54) is 23.3 Å². The van der Waals surface area contributed by atoms with Crippen molar-refractivity contribution in [2.45, 2.75) is 62.9 Å². The molecule has 1 N–H and O–H groups in total. The van der Waals surface area contributed by atoms with Crippen LogP contribution in [-0.2, 0) is 22.1 Å². The summed E-state index contributed by atoms with van der Waals surface area (Å²) < 4.78 is 38.4. The molecular formula is C33H41N5O5S. The van der Waals surface area contributed by atoms with E-state index in [0.717, 1.165) is 60.7 Å². The summed E-state index contributed by atoms with van der Waals surface area (Å²) in [6.07, 6.45) is 7.63. The molecule has 3 fully saturated rings. The van der Waals surface area contributed by atoms with Crippen molar-refractivity contribution in [1.82, 2.24) is 23.4 Å². The van der Waals surface area contributed by atoms with Gasteiger partial charge in [-0.2, -0.15) is 12.7 Å². The van der Waals surface area contributed by atoms with Gasteiger partial charge in [0.1, 0.15) is 5.75 Å². The number of carbonyl (C=O) groups excluding carboxylic acids is 2. The maximum absolute atomic E-state index is 13.5. The molecule has 2 saturated heterocycles. The second kappa shape index (κ2) is 11.5. The molecule has 0 radical (unpaired) electrons. The monoisotopic (exact) mass is 619 g/mol. The molecule has 1 saturated carbocycles. The first-order valence-electron chi connectivity index (χ1n) is 15.9. The van der Waals surface area contributed by atoms with Gasteiger partial charge < -0.3 is 14.2 Å². The number of benzene rings is 2. The molecule has 7 bridgehead atoms. The highest BCUT2D eigenvalue weighted by atomic mass is 32.2. The van der Waals surface area contributed by atoms with Crippen LogP contribution >= 0.6 is 0 Å². The minimum Gasteiger partial charge on any atom is -0.483 e. The molecule has 0 spiro atoms. The lowest BCUT2D eigenvalue weighted by Gasteiger charge is -2.41. The van der Waals surface area contributed by atoms with Crippen LogP contribution in [0.3, 0.4) is 0 Å². The van der Waals surface area contributed by atoms with Gasteiger partial charge >= 0.3 is 10.2 Å². The third kappa shape index (κ3) is 5.18. The Bertz CT molecular complexity index is 1700. The van der Waals surface area contributed by atoms with E-state index in [1.54, 1.807) is 12.1 Å². The van der Waals surface area contributed by atoms with Crippen molar-refractivity contribution in [3.05, 3.63) is 53.6 Å². The lowest BCUT2D eigenvalue weighted by Crippen LogP contribution is -2.57. The van der Waals surface area contributed by atoms with E-state index in [-0.39, 0.29) is 36.7 Å². The van der Waals surface area contributed by atoms with E-state index in [4.69, 9.17) is 4.74 Å². The number of hydrogen-bond donors (Lipinski definition) is 1. The van der Waals surface area contributed by atoms with Gasteiger partial charge in [0.25, 0.3) is 11.8 Å². The summed E-state index contributed by atoms with van der Waals surface area (Å²) in [7, 11) is -0.564. The molecule has 1 aliphatic carbocycles. The first kappa shape index (κ1) is 29.3. The fourth-order valence-corrected chi connectivity index (χ4v) is 8.78. The molecule has 2 atom stereocenters. The SMILES string of the molecule is CN1CCN2C3CCC2CN(C3)C(=O)COc2ccccc2-c2c(C3CCCCC3)c3ccc(cc3n2C)C(=O)NS1(=O)=O. The Morgan fingerprint density at radius 1 is 0.886 bits per heavy atom. The first-order chi connectivity index (χ1) is 21.2. The summed E-state index contributed by atoms with van der Waals surface area (Å²) in [5, 5.41) is 1.05. The van der Waals surface area contributed by atoms with E-state index in [2.05, 4.69) is 14.2 Å². The second-order valence-electron chi connectivity index (χ2n) is 12.9. The van der Waals surface area contributed by atoms with Crippen LogP contribution in [0.4, 0.5) is 0 Å². The van der Waals surface area contributed by atoms with Crippen LogP contribution in [0.1, 0.15) is 66.8 Å². The quantitative estimate of drug-likeness (QED) is 0.444. The number of ether oxygens (including phenoxy) is 1. The predicted molar refractivity (Wildman–Crippen MR) is 169 cm³/mol. The zero-order valence-corrected chi connectivity index (χ0v) is 26.3. The minimum atomic E-state index is -4.05. The molecule has 2 aromatic carbocycles. The van der Waals surface area contributed by atoms with E-state index < -0.39 is 16.1 Å². The molecule has 2 unspecified atom stereocenters. The normalized spacial score (nSPS) is 26.6. The number of hydrogen-bond acceptors (Lipinski definition) is 6. The van der Waals surface area contributed by atoms with Gasteiger partial charge in [-0.05, 0) is 61.4 Å². The Morgan fingerprint density at radius 2 is 1.61 bits per heavy atom. The van der Waals surface area contributed by atoms with Crippen LogP contribution in [-0.4, -0.2) is 90.8 Å². The average Bonchev–Trinajstić information content (AvgIpc) is 3.44. The highest BCUT2D eigenvalue weighted by Crippen LogP contribution is 2.46. The number of likely N-dealkylation sites (N-methyl/N-ethyl adjacent to an activating group) is 1. The number of aromatic nitrogens is 1. The predicted octanol–water partition coefficient (Wildman–Crippen LogP) is 3.87. The summed E-state index contributed by atoms with van der Waals surface area (Å²) in [6, 6.07) is 13.7. The topological polar surface area (TPSA) is 104 Å². The van der Waals surface area contributed by atoms with Crippen molar-refractivity contribution >= 4 is 32.9 Å². The molecule has 234 valence electrons. The van der Waals surface area contributed by atoms with Crippen molar-refractivity contribution in [2.24, 2.45) is 7.05 Å². The van der Waals surface area contributed by atoms with Crippen LogP contribution in [0.15, 0.2) is 42.5 Å². The Hall–Kier alpha value is -3.41. The number of nitrogens with one attached hydrogen (secondary N) is 1. The van der Waals surface area contributed by atoms with Crippen LogP contribution in [0, 0.1) is 0 Å². The number of fused-ring (bicyclic) bond motifs is 7. The van der Waals surface area contributed by atoms with Gasteiger partial charge in [0.15, 0.2) is 6.61 Å². The first-order valence-corrected chi connectivity index (χ1v) is 17.3. The lowest BCUT2D eigenvalue weighted by molar-refractivity contribution is -0.136. The highest BCUT2D eigenvalue weighted by Gasteiger charge is 2.41. The van der Waals surface area contributed by atoms with Crippen LogP contribution in [0.2, 0.25) is 0 Å². The van der Waals surface area contributed by atoms with Gasteiger partial charge in [-0.1, -0.05) is 37.5 Å². The summed E-state index contributed by atoms with van der Waals surface area (Å²) >= 11 is 0. The lowest BCUT2D eigenvalue weighted by atomic mass is 9.81. The fourth-order valence-electron chi connectivity index (χ4n) is 7.95. The number of rotatable bonds is 1. The Balaban J connectivity index is 1.35. The molecule has 5 heterocycles. The Labute approximate surface area is 259 Å². The van der Waals surface area contributed by atoms with Gasteiger partial charge in [-0.15, -0.1) is 0 Å². The summed E-state index contributed by atoms with van der Waals surface area (Å²) in [5.74, 6) is 0.333. The van der Waals surface area contributed by atoms with E-state index in [9.17, 15) is 18.0 Å². The van der Waals surface area contributed by atoms with Crippen molar-refractivity contribution in [3.63, 3.8) is 0 Å². The van der Waals surface area contributed by atoms with Crippen LogP contribution < -0.4 is 9.46 Å². The van der Waals surface area contributed by atoms with Crippen molar-refractivity contribution in [1.29, 1.82) is 0 Å². The molecular weight excluding hydrogens is 578 g/mol. The highest BCUT2D eigenvalue weighted by molar-refractivity contribution is 7.87. The van der Waals surface area contributed by atoms with E-state index in [1.807, 2.05) is 42.3 Å². The third-order valence-electron chi connectivity index (χ3n) is 10.3. The summed E-state index contributed by atoms with van der Waals surface area (Å²) in [5.41, 5.74) is 4.29. The molecule has 11 heteroatoms. The molecule has 1 aromatic heterocycles. The Kier molecular flexibility index (Phi) is 7.66.